The Balaban J connectivity index is 0.990. The molecule has 1 atom stereocenters. The molecule has 246 valence electrons. The number of carbonyl (C=O) groups is 2. The third kappa shape index (κ3) is 5.20. The molecule has 49 heavy (non-hydrogen) atoms. The quantitative estimate of drug-likeness (QED) is 0.119. The van der Waals surface area contributed by atoms with Gasteiger partial charge in [0.15, 0.2) is 5.82 Å². The Labute approximate surface area is 279 Å². The van der Waals surface area contributed by atoms with Crippen molar-refractivity contribution >= 4 is 41.2 Å². The monoisotopic (exact) mass is 678 g/mol. The number of aryl methyl sites for hydroxylation is 1. The van der Waals surface area contributed by atoms with Crippen LogP contribution in [0.5, 0.6) is 0 Å². The van der Waals surface area contributed by atoms with Gasteiger partial charge < -0.3 is 21.3 Å². The molecule has 1 aliphatic carbocycles. The molecular weight excluding hydrogens is 652 g/mol. The topological polar surface area (TPSA) is 226 Å². The lowest BCUT2D eigenvalue weighted by atomic mass is 9.96. The van der Waals surface area contributed by atoms with Gasteiger partial charge >= 0.3 is 5.76 Å². The van der Waals surface area contributed by atoms with Crippen molar-refractivity contribution in [2.24, 2.45) is 0 Å². The molecule has 17 heteroatoms. The highest BCUT2D eigenvalue weighted by molar-refractivity contribution is 7.71. The van der Waals surface area contributed by atoms with Crippen LogP contribution >= 0.6 is 12.2 Å². The Morgan fingerprint density at radius 1 is 1.02 bits per heavy atom. The van der Waals surface area contributed by atoms with Gasteiger partial charge in [0.25, 0.3) is 28.4 Å². The Morgan fingerprint density at radius 2 is 1.88 bits per heavy atom. The molecule has 6 aromatic rings. The van der Waals surface area contributed by atoms with Crippen molar-refractivity contribution in [1.29, 1.82) is 0 Å². The number of nitrogens with zero attached hydrogens (tertiary/aromatic N) is 5. The molecule has 1 aliphatic heterocycles. The first-order chi connectivity index (χ1) is 23.6. The van der Waals surface area contributed by atoms with E-state index in [-0.39, 0.29) is 45.9 Å². The SMILES string of the molecule is Nc1c(N2CCc3ccc(CNC(=O)c4cc(C(=O)N[C@H]5CCc6cc(-c7noc(=O)[nH]7)ccc65)n5c(=S)[nH]nc5n4)cc3C2)c(=O)c1=O. The fourth-order valence-corrected chi connectivity index (χ4v) is 6.82. The van der Waals surface area contributed by atoms with Crippen molar-refractivity contribution in [3.05, 3.63) is 117 Å². The van der Waals surface area contributed by atoms with Crippen LogP contribution in [0.25, 0.3) is 17.2 Å². The summed E-state index contributed by atoms with van der Waals surface area (Å²) in [6.45, 7) is 1.15. The molecule has 0 radical (unpaired) electrons. The van der Waals surface area contributed by atoms with Crippen LogP contribution in [0.4, 0.5) is 11.4 Å². The lowest BCUT2D eigenvalue weighted by Crippen LogP contribution is -2.44. The lowest BCUT2D eigenvalue weighted by molar-refractivity contribution is 0.0930. The van der Waals surface area contributed by atoms with Crippen molar-refractivity contribution < 1.29 is 14.1 Å². The minimum absolute atomic E-state index is 0.00185. The molecule has 16 nitrogen and oxygen atoms in total. The largest absolute Gasteiger partial charge is 0.439 e. The third-order valence-corrected chi connectivity index (χ3v) is 9.34. The first-order valence-corrected chi connectivity index (χ1v) is 15.8. The van der Waals surface area contributed by atoms with Crippen molar-refractivity contribution in [3.63, 3.8) is 0 Å². The number of nitrogens with one attached hydrogen (secondary N) is 4. The molecule has 0 bridgehead atoms. The fourth-order valence-electron chi connectivity index (χ4n) is 6.59. The number of aromatic amines is 2. The maximum atomic E-state index is 13.7. The van der Waals surface area contributed by atoms with Crippen LogP contribution < -0.4 is 37.9 Å². The predicted octanol–water partition coefficient (Wildman–Crippen LogP) is 1.22. The average Bonchev–Trinajstić information content (AvgIpc) is 3.84. The number of anilines is 2. The maximum Gasteiger partial charge on any atom is 0.439 e. The summed E-state index contributed by atoms with van der Waals surface area (Å²) in [5.74, 6) is -1.25. The van der Waals surface area contributed by atoms with Gasteiger partial charge in [-0.2, -0.15) is 0 Å². The number of fused-ring (bicyclic) bond motifs is 3. The number of amides is 2. The second-order valence-corrected chi connectivity index (χ2v) is 12.4. The summed E-state index contributed by atoms with van der Waals surface area (Å²) in [6, 6.07) is 12.5. The van der Waals surface area contributed by atoms with E-state index in [9.17, 15) is 24.0 Å². The Kier molecular flexibility index (Phi) is 7.06. The summed E-state index contributed by atoms with van der Waals surface area (Å²) >= 11 is 5.37. The first kappa shape index (κ1) is 30.1. The van der Waals surface area contributed by atoms with Gasteiger partial charge in [-0.25, -0.2) is 19.3 Å². The van der Waals surface area contributed by atoms with Gasteiger partial charge in [0.2, 0.25) is 4.77 Å². The number of rotatable bonds is 7. The summed E-state index contributed by atoms with van der Waals surface area (Å²) in [6.07, 6.45) is 2.00. The Morgan fingerprint density at radius 3 is 2.67 bits per heavy atom. The van der Waals surface area contributed by atoms with E-state index in [1.165, 1.54) is 10.5 Å². The molecule has 0 unspecified atom stereocenters. The molecule has 6 N–H and O–H groups in total. The van der Waals surface area contributed by atoms with E-state index >= 15 is 0 Å². The van der Waals surface area contributed by atoms with Crippen LogP contribution in [-0.2, 0) is 25.9 Å². The molecule has 3 aromatic carbocycles. The Bertz CT molecular complexity index is 2540. The molecule has 3 aromatic heterocycles. The highest BCUT2D eigenvalue weighted by Crippen LogP contribution is 2.34. The zero-order valence-electron chi connectivity index (χ0n) is 25.5. The summed E-state index contributed by atoms with van der Waals surface area (Å²) in [4.78, 5) is 70.9. The van der Waals surface area contributed by atoms with E-state index in [0.29, 0.717) is 43.7 Å². The lowest BCUT2D eigenvalue weighted by Gasteiger charge is -2.32. The number of benzene rings is 2. The van der Waals surface area contributed by atoms with Gasteiger partial charge in [0, 0.05) is 25.2 Å². The predicted molar refractivity (Wildman–Crippen MR) is 177 cm³/mol. The summed E-state index contributed by atoms with van der Waals surface area (Å²) < 4.78 is 6.13. The van der Waals surface area contributed by atoms with E-state index in [1.54, 1.807) is 6.07 Å². The number of hydrogen-bond acceptors (Lipinski definition) is 12. The van der Waals surface area contributed by atoms with Crippen LogP contribution in [0.3, 0.4) is 0 Å². The zero-order valence-corrected chi connectivity index (χ0v) is 26.3. The average molecular weight is 679 g/mol. The van der Waals surface area contributed by atoms with E-state index in [4.69, 9.17) is 18.0 Å². The van der Waals surface area contributed by atoms with Crippen molar-refractivity contribution in [3.8, 4) is 11.4 Å². The highest BCUT2D eigenvalue weighted by atomic mass is 32.1. The first-order valence-electron chi connectivity index (χ1n) is 15.4. The summed E-state index contributed by atoms with van der Waals surface area (Å²) in [7, 11) is 0. The van der Waals surface area contributed by atoms with Crippen LogP contribution in [0.15, 0.2) is 61.4 Å². The second kappa shape index (κ2) is 11.5. The molecular formula is C32H26N10O6S. The zero-order chi connectivity index (χ0) is 34.0. The molecule has 8 rings (SSSR count). The third-order valence-electron chi connectivity index (χ3n) is 9.07. The van der Waals surface area contributed by atoms with Crippen LogP contribution in [0.2, 0.25) is 0 Å². The van der Waals surface area contributed by atoms with Gasteiger partial charge in [-0.05, 0) is 71.4 Å². The normalized spacial score (nSPS) is 15.3. The van der Waals surface area contributed by atoms with Crippen LogP contribution in [-0.4, -0.2) is 48.1 Å². The number of aromatic nitrogens is 6. The van der Waals surface area contributed by atoms with Crippen molar-refractivity contribution in [2.45, 2.75) is 38.4 Å². The minimum Gasteiger partial charge on any atom is -0.394 e. The minimum atomic E-state index is -0.649. The van der Waals surface area contributed by atoms with E-state index in [0.717, 1.165) is 27.8 Å². The molecule has 0 saturated carbocycles. The van der Waals surface area contributed by atoms with Gasteiger partial charge in [0.05, 0.1) is 6.04 Å². The number of nitrogens with two attached hydrogens (primary N) is 1. The number of hydrogen-bond donors (Lipinski definition) is 5. The van der Waals surface area contributed by atoms with Gasteiger partial charge in [-0.1, -0.05) is 35.5 Å². The van der Waals surface area contributed by atoms with Crippen molar-refractivity contribution in [1.82, 2.24) is 40.4 Å². The molecule has 4 heterocycles. The van der Waals surface area contributed by atoms with Gasteiger partial charge in [-0.15, -0.1) is 5.10 Å². The van der Waals surface area contributed by atoms with Crippen LogP contribution in [0.1, 0.15) is 61.3 Å². The molecule has 2 aliphatic rings. The van der Waals surface area contributed by atoms with E-state index in [2.05, 4.69) is 40.5 Å². The van der Waals surface area contributed by atoms with Gasteiger partial charge in [0.1, 0.15) is 22.8 Å². The van der Waals surface area contributed by atoms with Crippen molar-refractivity contribution in [2.75, 3.05) is 17.2 Å². The smallest absolute Gasteiger partial charge is 0.394 e. The molecule has 0 spiro atoms. The Hall–Kier alpha value is -6.23. The second-order valence-electron chi connectivity index (χ2n) is 12.0. The number of nitrogen functional groups attached to an aromatic ring is 1. The van der Waals surface area contributed by atoms with Crippen LogP contribution in [0, 0.1) is 4.77 Å². The highest BCUT2D eigenvalue weighted by Gasteiger charge is 2.29. The fraction of sp³-hybridized carbons (Fsp3) is 0.219. The van der Waals surface area contributed by atoms with E-state index < -0.39 is 28.4 Å². The van der Waals surface area contributed by atoms with Gasteiger partial charge in [-0.3, -0.25) is 28.7 Å². The number of H-pyrrole nitrogens is 2. The number of carbonyl (C=O) groups excluding carboxylic acids is 2. The van der Waals surface area contributed by atoms with E-state index in [1.807, 2.05) is 35.2 Å². The summed E-state index contributed by atoms with van der Waals surface area (Å²) in [5.41, 5.74) is 10.4. The molecule has 2 amide bonds. The molecule has 0 fully saturated rings. The standard InChI is InChI=1S/C32H26N10O6S/c33-23-24(26(44)25(23)43)41-8-7-15-2-1-14(9-18(15)13-41)12-34-28(45)21-11-22(42-30(36-21)38-39-31(42)49)29(46)35-20-6-4-16-10-17(3-5-19(16)20)27-37-32(47)48-40-27/h1-3,5,9-11,20H,4,6-8,12-13,33H2,(H,34,45)(H,35,46)(H,39,49)(H,37,40,47)/t20-/m0/s1. The maximum absolute atomic E-state index is 13.7. The summed E-state index contributed by atoms with van der Waals surface area (Å²) in [5, 5.41) is 16.4. The molecule has 0 saturated heterocycles.